The number of aldehydes is 1. The molecule has 0 unspecified atom stereocenters. The standard InChI is InChI=1S/C10H7FOS2/c1-13-10-4-7-8(11)2-6(5-12)3-9(7)14-10/h2-5H,1H3. The molecule has 1 heterocycles. The lowest BCUT2D eigenvalue weighted by Gasteiger charge is -1.93. The van der Waals surface area contributed by atoms with E-state index in [0.717, 1.165) is 8.91 Å². The lowest BCUT2D eigenvalue weighted by atomic mass is 10.2. The highest BCUT2D eigenvalue weighted by molar-refractivity contribution is 8.00. The second-order valence-electron chi connectivity index (χ2n) is 2.80. The molecule has 0 bridgehead atoms. The smallest absolute Gasteiger partial charge is 0.150 e. The summed E-state index contributed by atoms with van der Waals surface area (Å²) in [5, 5.41) is 0.602. The van der Waals surface area contributed by atoms with Crippen molar-refractivity contribution in [3.8, 4) is 0 Å². The Morgan fingerprint density at radius 1 is 1.43 bits per heavy atom. The molecular weight excluding hydrogens is 219 g/mol. The minimum atomic E-state index is -0.318. The van der Waals surface area contributed by atoms with Gasteiger partial charge in [-0.1, -0.05) is 0 Å². The van der Waals surface area contributed by atoms with E-state index in [4.69, 9.17) is 0 Å². The van der Waals surface area contributed by atoms with Crippen LogP contribution in [-0.2, 0) is 0 Å². The largest absolute Gasteiger partial charge is 0.298 e. The molecule has 2 rings (SSSR count). The molecule has 0 saturated carbocycles. The highest BCUT2D eigenvalue weighted by Gasteiger charge is 2.07. The Morgan fingerprint density at radius 3 is 2.86 bits per heavy atom. The lowest BCUT2D eigenvalue weighted by Crippen LogP contribution is -1.81. The number of thiophene rings is 1. The van der Waals surface area contributed by atoms with Crippen molar-refractivity contribution in [2.24, 2.45) is 0 Å². The maximum atomic E-state index is 13.4. The topological polar surface area (TPSA) is 17.1 Å². The van der Waals surface area contributed by atoms with E-state index in [-0.39, 0.29) is 5.82 Å². The Balaban J connectivity index is 2.73. The zero-order valence-electron chi connectivity index (χ0n) is 7.41. The Kier molecular flexibility index (Phi) is 2.56. The van der Waals surface area contributed by atoms with Crippen molar-refractivity contribution >= 4 is 39.5 Å². The molecule has 0 radical (unpaired) electrons. The summed E-state index contributed by atoms with van der Waals surface area (Å²) in [7, 11) is 0. The first kappa shape index (κ1) is 9.68. The lowest BCUT2D eigenvalue weighted by molar-refractivity contribution is 0.112. The molecular formula is C10H7FOS2. The minimum Gasteiger partial charge on any atom is -0.298 e. The molecule has 0 N–H and O–H groups in total. The Labute approximate surface area is 88.9 Å². The minimum absolute atomic E-state index is 0.318. The highest BCUT2D eigenvalue weighted by atomic mass is 32.2. The van der Waals surface area contributed by atoms with Crippen molar-refractivity contribution in [1.29, 1.82) is 0 Å². The van der Waals surface area contributed by atoms with E-state index >= 15 is 0 Å². The first-order valence-corrected chi connectivity index (χ1v) is 6.01. The van der Waals surface area contributed by atoms with E-state index in [1.807, 2.05) is 12.3 Å². The number of thioether (sulfide) groups is 1. The van der Waals surface area contributed by atoms with Crippen LogP contribution in [0.2, 0.25) is 0 Å². The molecule has 1 nitrogen and oxygen atoms in total. The quantitative estimate of drug-likeness (QED) is 0.575. The molecule has 0 aliphatic heterocycles. The molecule has 1 aromatic heterocycles. The van der Waals surface area contributed by atoms with Crippen LogP contribution in [0.5, 0.6) is 0 Å². The zero-order valence-corrected chi connectivity index (χ0v) is 9.05. The number of carbonyl (C=O) groups excluding carboxylic acids is 1. The summed E-state index contributed by atoms with van der Waals surface area (Å²) in [5.74, 6) is -0.318. The fraction of sp³-hybridized carbons (Fsp3) is 0.100. The average molecular weight is 226 g/mol. The summed E-state index contributed by atoms with van der Waals surface area (Å²) in [6, 6.07) is 4.80. The van der Waals surface area contributed by atoms with Gasteiger partial charge in [-0.2, -0.15) is 0 Å². The van der Waals surface area contributed by atoms with Crippen molar-refractivity contribution in [3.05, 3.63) is 29.6 Å². The van der Waals surface area contributed by atoms with Crippen LogP contribution < -0.4 is 0 Å². The van der Waals surface area contributed by atoms with E-state index in [2.05, 4.69) is 0 Å². The summed E-state index contributed by atoms with van der Waals surface area (Å²) >= 11 is 3.09. The molecule has 72 valence electrons. The van der Waals surface area contributed by atoms with Crippen molar-refractivity contribution in [2.75, 3.05) is 6.26 Å². The number of halogens is 1. The number of carbonyl (C=O) groups is 1. The average Bonchev–Trinajstić information content (AvgIpc) is 2.61. The van der Waals surface area contributed by atoms with Crippen molar-refractivity contribution < 1.29 is 9.18 Å². The van der Waals surface area contributed by atoms with Gasteiger partial charge in [0.1, 0.15) is 12.1 Å². The summed E-state index contributed by atoms with van der Waals surface area (Å²) in [6.45, 7) is 0. The van der Waals surface area contributed by atoms with E-state index in [1.165, 1.54) is 17.4 Å². The van der Waals surface area contributed by atoms with Crippen molar-refractivity contribution in [3.63, 3.8) is 0 Å². The van der Waals surface area contributed by atoms with Crippen LogP contribution in [0.1, 0.15) is 10.4 Å². The number of benzene rings is 1. The van der Waals surface area contributed by atoms with E-state index < -0.39 is 0 Å². The van der Waals surface area contributed by atoms with E-state index in [1.54, 1.807) is 17.8 Å². The third-order valence-corrected chi connectivity index (χ3v) is 4.07. The maximum absolute atomic E-state index is 13.4. The second-order valence-corrected chi connectivity index (χ2v) is 4.99. The van der Waals surface area contributed by atoms with Crippen molar-refractivity contribution in [1.82, 2.24) is 0 Å². The number of rotatable bonds is 2. The van der Waals surface area contributed by atoms with Crippen LogP contribution in [0.3, 0.4) is 0 Å². The number of hydrogen-bond acceptors (Lipinski definition) is 3. The molecule has 1 aromatic carbocycles. The molecule has 0 aliphatic carbocycles. The number of fused-ring (bicyclic) bond motifs is 1. The fourth-order valence-corrected chi connectivity index (χ4v) is 2.95. The highest BCUT2D eigenvalue weighted by Crippen LogP contribution is 2.33. The van der Waals surface area contributed by atoms with Crippen LogP contribution >= 0.6 is 23.1 Å². The Bertz CT molecular complexity index is 490. The first-order valence-electron chi connectivity index (χ1n) is 3.97. The molecule has 0 spiro atoms. The van der Waals surface area contributed by atoms with Crippen LogP contribution in [-0.4, -0.2) is 12.5 Å². The predicted octanol–water partition coefficient (Wildman–Crippen LogP) is 3.57. The number of hydrogen-bond donors (Lipinski definition) is 0. The van der Waals surface area contributed by atoms with Gasteiger partial charge in [0, 0.05) is 15.6 Å². The second kappa shape index (κ2) is 3.71. The zero-order chi connectivity index (χ0) is 10.1. The fourth-order valence-electron chi connectivity index (χ4n) is 1.26. The van der Waals surface area contributed by atoms with Gasteiger partial charge in [-0.15, -0.1) is 23.1 Å². The molecule has 0 amide bonds. The summed E-state index contributed by atoms with van der Waals surface area (Å²) in [5.41, 5.74) is 0.393. The third-order valence-electron chi connectivity index (χ3n) is 1.92. The predicted molar refractivity (Wildman–Crippen MR) is 59.0 cm³/mol. The molecule has 0 fully saturated rings. The summed E-state index contributed by atoms with van der Waals surface area (Å²) < 4.78 is 15.3. The summed E-state index contributed by atoms with van der Waals surface area (Å²) in [4.78, 5) is 10.5. The molecule has 0 saturated heterocycles. The third kappa shape index (κ3) is 1.55. The van der Waals surface area contributed by atoms with Gasteiger partial charge in [0.2, 0.25) is 0 Å². The van der Waals surface area contributed by atoms with Crippen molar-refractivity contribution in [2.45, 2.75) is 4.21 Å². The molecule has 0 aliphatic rings. The van der Waals surface area contributed by atoms with Gasteiger partial charge in [0.25, 0.3) is 0 Å². The SMILES string of the molecule is CSc1cc2c(F)cc(C=O)cc2s1. The van der Waals surface area contributed by atoms with Gasteiger partial charge in [0.15, 0.2) is 0 Å². The Morgan fingerprint density at radius 2 is 2.21 bits per heavy atom. The molecule has 0 atom stereocenters. The van der Waals surface area contributed by atoms with Crippen LogP contribution in [0.15, 0.2) is 22.4 Å². The van der Waals surface area contributed by atoms with Crippen LogP contribution in [0.4, 0.5) is 4.39 Å². The van der Waals surface area contributed by atoms with Crippen LogP contribution in [0.25, 0.3) is 10.1 Å². The van der Waals surface area contributed by atoms with Gasteiger partial charge in [-0.05, 0) is 24.5 Å². The molecule has 4 heteroatoms. The molecule has 2 aromatic rings. The monoisotopic (exact) mass is 226 g/mol. The normalized spacial score (nSPS) is 10.7. The van der Waals surface area contributed by atoms with Gasteiger partial charge < -0.3 is 0 Å². The van der Waals surface area contributed by atoms with Gasteiger partial charge >= 0.3 is 0 Å². The van der Waals surface area contributed by atoms with Crippen LogP contribution in [0, 0.1) is 5.82 Å². The van der Waals surface area contributed by atoms with Gasteiger partial charge in [-0.25, -0.2) is 4.39 Å². The van der Waals surface area contributed by atoms with E-state index in [0.29, 0.717) is 17.2 Å². The first-order chi connectivity index (χ1) is 6.74. The molecule has 14 heavy (non-hydrogen) atoms. The van der Waals surface area contributed by atoms with Gasteiger partial charge in [0.05, 0.1) is 4.21 Å². The maximum Gasteiger partial charge on any atom is 0.150 e. The summed E-state index contributed by atoms with van der Waals surface area (Å²) in [6.07, 6.45) is 2.62. The Hall–Kier alpha value is -0.870. The van der Waals surface area contributed by atoms with Gasteiger partial charge in [-0.3, -0.25) is 4.79 Å². The van der Waals surface area contributed by atoms with E-state index in [9.17, 15) is 9.18 Å².